The molecule has 0 aromatic heterocycles. The number of carbonyl (C=O) groups excluding carboxylic acids is 1. The summed E-state index contributed by atoms with van der Waals surface area (Å²) in [6, 6.07) is 7.86. The van der Waals surface area contributed by atoms with Gasteiger partial charge in [0.1, 0.15) is 0 Å². The van der Waals surface area contributed by atoms with Crippen LogP contribution in [0.2, 0.25) is 0 Å². The van der Waals surface area contributed by atoms with E-state index in [2.05, 4.69) is 5.32 Å². The van der Waals surface area contributed by atoms with Crippen molar-refractivity contribution in [2.45, 2.75) is 31.3 Å². The summed E-state index contributed by atoms with van der Waals surface area (Å²) in [4.78, 5) is 25.5. The molecule has 1 saturated heterocycles. The molecule has 3 atom stereocenters. The van der Waals surface area contributed by atoms with Crippen LogP contribution < -0.4 is 5.32 Å². The second-order valence-corrected chi connectivity index (χ2v) is 5.62. The number of urea groups is 1. The number of carboxylic acids is 1. The van der Waals surface area contributed by atoms with Gasteiger partial charge in [-0.2, -0.15) is 0 Å². The fourth-order valence-corrected chi connectivity index (χ4v) is 3.31. The Hall–Kier alpha value is -2.04. The molecule has 2 bridgehead atoms. The van der Waals surface area contributed by atoms with Crippen molar-refractivity contribution in [1.82, 2.24) is 10.2 Å². The maximum Gasteiger partial charge on any atom is 0.330 e. The molecule has 2 fully saturated rings. The molecule has 20 heavy (non-hydrogen) atoms. The van der Waals surface area contributed by atoms with Crippen LogP contribution in [0.25, 0.3) is 0 Å². The highest BCUT2D eigenvalue weighted by Crippen LogP contribution is 2.37. The van der Waals surface area contributed by atoms with Crippen molar-refractivity contribution in [3.05, 3.63) is 35.9 Å². The monoisotopic (exact) mass is 274 g/mol. The molecule has 0 spiro atoms. The number of fused-ring (bicyclic) bond motifs is 2. The van der Waals surface area contributed by atoms with Gasteiger partial charge >= 0.3 is 12.0 Å². The molecule has 1 saturated carbocycles. The summed E-state index contributed by atoms with van der Waals surface area (Å²) < 4.78 is 0. The van der Waals surface area contributed by atoms with E-state index in [9.17, 15) is 14.7 Å². The van der Waals surface area contributed by atoms with Crippen LogP contribution in [0.1, 0.15) is 30.9 Å². The van der Waals surface area contributed by atoms with Gasteiger partial charge in [-0.25, -0.2) is 9.59 Å². The molecule has 1 aromatic rings. The number of amides is 2. The number of piperidine rings is 1. The Kier molecular flexibility index (Phi) is 3.34. The third-order valence-electron chi connectivity index (χ3n) is 4.32. The van der Waals surface area contributed by atoms with Gasteiger partial charge in [0.15, 0.2) is 6.04 Å². The summed E-state index contributed by atoms with van der Waals surface area (Å²) in [6.45, 7) is 0.762. The number of aliphatic carboxylic acids is 1. The third-order valence-corrected chi connectivity index (χ3v) is 4.32. The zero-order valence-corrected chi connectivity index (χ0v) is 11.2. The topological polar surface area (TPSA) is 69.6 Å². The van der Waals surface area contributed by atoms with Gasteiger partial charge in [0.25, 0.3) is 0 Å². The Bertz CT molecular complexity index is 517. The molecule has 0 radical (unpaired) electrons. The molecule has 2 unspecified atom stereocenters. The zero-order valence-electron chi connectivity index (χ0n) is 11.2. The van der Waals surface area contributed by atoms with E-state index in [-0.39, 0.29) is 6.03 Å². The van der Waals surface area contributed by atoms with Gasteiger partial charge in [-0.1, -0.05) is 30.3 Å². The lowest BCUT2D eigenvalue weighted by atomic mass is 10.1. The highest BCUT2D eigenvalue weighted by molar-refractivity contribution is 5.84. The fraction of sp³-hybridized carbons (Fsp3) is 0.467. The molecule has 3 rings (SSSR count). The molecule has 1 aliphatic carbocycles. The van der Waals surface area contributed by atoms with Crippen molar-refractivity contribution < 1.29 is 14.7 Å². The summed E-state index contributed by atoms with van der Waals surface area (Å²) in [6.07, 6.45) is 3.30. The van der Waals surface area contributed by atoms with Gasteiger partial charge in [-0.15, -0.1) is 0 Å². The highest BCUT2D eigenvalue weighted by Gasteiger charge is 2.41. The fourth-order valence-electron chi connectivity index (χ4n) is 3.31. The van der Waals surface area contributed by atoms with Crippen molar-refractivity contribution in [3.63, 3.8) is 0 Å². The van der Waals surface area contributed by atoms with Gasteiger partial charge in [0.05, 0.1) is 0 Å². The zero-order chi connectivity index (χ0) is 14.1. The summed E-state index contributed by atoms with van der Waals surface area (Å²) in [7, 11) is 0. The molecule has 1 aromatic carbocycles. The van der Waals surface area contributed by atoms with Gasteiger partial charge in [-0.3, -0.25) is 0 Å². The van der Waals surface area contributed by atoms with Crippen LogP contribution >= 0.6 is 0 Å². The van der Waals surface area contributed by atoms with E-state index in [1.165, 1.54) is 6.42 Å². The van der Waals surface area contributed by atoms with Gasteiger partial charge in [-0.05, 0) is 30.7 Å². The summed E-state index contributed by atoms with van der Waals surface area (Å²) >= 11 is 0. The van der Waals surface area contributed by atoms with Crippen molar-refractivity contribution in [2.24, 2.45) is 5.92 Å². The largest absolute Gasteiger partial charge is 0.479 e. The van der Waals surface area contributed by atoms with Gasteiger partial charge in [0, 0.05) is 12.6 Å². The van der Waals surface area contributed by atoms with E-state index in [0.717, 1.165) is 19.4 Å². The van der Waals surface area contributed by atoms with E-state index < -0.39 is 12.0 Å². The Labute approximate surface area is 117 Å². The van der Waals surface area contributed by atoms with Crippen LogP contribution in [0.3, 0.4) is 0 Å². The molecule has 2 amide bonds. The summed E-state index contributed by atoms with van der Waals surface area (Å²) in [5.41, 5.74) is 0.595. The number of benzene rings is 1. The third kappa shape index (κ3) is 2.35. The first-order chi connectivity index (χ1) is 9.65. The van der Waals surface area contributed by atoms with Crippen molar-refractivity contribution in [1.29, 1.82) is 0 Å². The number of hydrogen-bond donors (Lipinski definition) is 2. The predicted molar refractivity (Wildman–Crippen MR) is 73.2 cm³/mol. The number of likely N-dealkylation sites (tertiary alicyclic amines) is 1. The number of rotatable bonds is 3. The van der Waals surface area contributed by atoms with Crippen LogP contribution in [0.5, 0.6) is 0 Å². The molecule has 5 heteroatoms. The van der Waals surface area contributed by atoms with Crippen LogP contribution in [-0.4, -0.2) is 34.6 Å². The predicted octanol–water partition coefficient (Wildman–Crippen LogP) is 2.01. The maximum absolute atomic E-state index is 12.3. The van der Waals surface area contributed by atoms with Crippen LogP contribution in [0.4, 0.5) is 4.79 Å². The first-order valence-electron chi connectivity index (χ1n) is 7.00. The number of nitrogens with one attached hydrogen (secondary N) is 1. The highest BCUT2D eigenvalue weighted by atomic mass is 16.4. The minimum absolute atomic E-state index is 0.256. The minimum Gasteiger partial charge on any atom is -0.479 e. The van der Waals surface area contributed by atoms with Gasteiger partial charge in [0.2, 0.25) is 0 Å². The molecular weight excluding hydrogens is 256 g/mol. The Morgan fingerprint density at radius 2 is 2.00 bits per heavy atom. The lowest BCUT2D eigenvalue weighted by Gasteiger charge is -2.28. The number of carbonyl (C=O) groups is 2. The average molecular weight is 274 g/mol. The summed E-state index contributed by atoms with van der Waals surface area (Å²) in [5.74, 6) is -0.431. The number of hydrogen-bond acceptors (Lipinski definition) is 2. The van der Waals surface area contributed by atoms with Crippen molar-refractivity contribution in [3.8, 4) is 0 Å². The van der Waals surface area contributed by atoms with Crippen LogP contribution in [0, 0.1) is 5.92 Å². The second-order valence-electron chi connectivity index (χ2n) is 5.62. The second kappa shape index (κ2) is 5.15. The van der Waals surface area contributed by atoms with Crippen molar-refractivity contribution in [2.75, 3.05) is 6.54 Å². The van der Waals surface area contributed by atoms with E-state index in [1.54, 1.807) is 29.2 Å². The maximum atomic E-state index is 12.3. The lowest BCUT2D eigenvalue weighted by molar-refractivity contribution is -0.139. The molecule has 2 aliphatic rings. The van der Waals surface area contributed by atoms with Gasteiger partial charge < -0.3 is 15.3 Å². The standard InChI is InChI=1S/C15H18N2O3/c18-14(19)13(11-4-2-1-3-5-11)16-15(20)17-9-10-6-7-12(17)8-10/h1-5,10,12-13H,6-9H2,(H,16,20)(H,18,19)/t10?,12?,13-/m0/s1. The van der Waals surface area contributed by atoms with Crippen molar-refractivity contribution >= 4 is 12.0 Å². The molecule has 2 N–H and O–H groups in total. The first-order valence-corrected chi connectivity index (χ1v) is 7.00. The molecule has 1 heterocycles. The number of carboxylic acid groups (broad SMARTS) is 1. The van der Waals surface area contributed by atoms with E-state index in [4.69, 9.17) is 0 Å². The lowest BCUT2D eigenvalue weighted by Crippen LogP contribution is -2.47. The summed E-state index contributed by atoms with van der Waals surface area (Å²) in [5, 5.41) is 12.0. The van der Waals surface area contributed by atoms with E-state index >= 15 is 0 Å². The Morgan fingerprint density at radius 1 is 1.25 bits per heavy atom. The first kappa shape index (κ1) is 13.0. The van der Waals surface area contributed by atoms with Crippen LogP contribution in [-0.2, 0) is 4.79 Å². The average Bonchev–Trinajstić information content (AvgIpc) is 3.07. The van der Waals surface area contributed by atoms with Crippen LogP contribution in [0.15, 0.2) is 30.3 Å². The molecular formula is C15H18N2O3. The minimum atomic E-state index is -1.03. The SMILES string of the molecule is O=C(O)[C@@H](NC(=O)N1CC2CCC1C2)c1ccccc1. The Balaban J connectivity index is 1.71. The number of nitrogens with zero attached hydrogens (tertiary/aromatic N) is 1. The normalized spacial score (nSPS) is 25.5. The molecule has 106 valence electrons. The smallest absolute Gasteiger partial charge is 0.330 e. The molecule has 1 aliphatic heterocycles. The van der Waals surface area contributed by atoms with E-state index in [0.29, 0.717) is 17.5 Å². The quantitative estimate of drug-likeness (QED) is 0.885. The van der Waals surface area contributed by atoms with E-state index in [1.807, 2.05) is 6.07 Å². The molecule has 5 nitrogen and oxygen atoms in total. The Morgan fingerprint density at radius 3 is 2.55 bits per heavy atom.